The zero-order valence-corrected chi connectivity index (χ0v) is 25.3. The number of carbonyl (C=O) groups is 2. The molecule has 3 N–H and O–H groups in total. The minimum atomic E-state index is -1.34. The van der Waals surface area contributed by atoms with Crippen LogP contribution in [-0.4, -0.2) is 110 Å². The van der Waals surface area contributed by atoms with E-state index in [1.807, 2.05) is 4.90 Å². The van der Waals surface area contributed by atoms with Gasteiger partial charge >= 0.3 is 0 Å². The van der Waals surface area contributed by atoms with Crippen LogP contribution >= 0.6 is 11.6 Å². The van der Waals surface area contributed by atoms with Crippen molar-refractivity contribution in [3.8, 4) is 5.75 Å². The number of ether oxygens (including phenoxy) is 2. The highest BCUT2D eigenvalue weighted by Crippen LogP contribution is 2.34. The van der Waals surface area contributed by atoms with Gasteiger partial charge in [0, 0.05) is 61.3 Å². The Balaban J connectivity index is 1.28. The Hall–Kier alpha value is -4.21. The van der Waals surface area contributed by atoms with Crippen molar-refractivity contribution < 1.29 is 24.2 Å². The van der Waals surface area contributed by atoms with Crippen LogP contribution in [0.15, 0.2) is 36.0 Å². The van der Waals surface area contributed by atoms with E-state index in [-0.39, 0.29) is 19.1 Å². The van der Waals surface area contributed by atoms with E-state index in [0.29, 0.717) is 52.4 Å². The number of aromatic nitrogens is 4. The van der Waals surface area contributed by atoms with E-state index in [9.17, 15) is 14.7 Å². The average Bonchev–Trinajstić information content (AvgIpc) is 3.60. The van der Waals surface area contributed by atoms with Gasteiger partial charge < -0.3 is 30.1 Å². The predicted octanol–water partition coefficient (Wildman–Crippen LogP) is 1.71. The average molecular weight is 628 g/mol. The Morgan fingerprint density at radius 1 is 1.25 bits per heavy atom. The SMILES string of the molecule is CNC(=O)[C@H]1O[C@@H](n2cnc3c(NCc4cc(Cl)ccc4OCC(=O)N4CCN(C(C)C)CC4)ncnc32)[C@H](O)[C@@H]1N=[N+]=[N-]. The lowest BCUT2D eigenvalue weighted by molar-refractivity contribution is -0.135. The molecule has 0 radical (unpaired) electrons. The molecule has 16 nitrogen and oxygen atoms in total. The molecule has 234 valence electrons. The number of hydrogen-bond acceptors (Lipinski definition) is 11. The van der Waals surface area contributed by atoms with Gasteiger partial charge in [-0.1, -0.05) is 16.7 Å². The molecule has 1 aromatic carbocycles. The number of benzene rings is 1. The maximum Gasteiger partial charge on any atom is 0.260 e. The number of fused-ring (bicyclic) bond motifs is 1. The fourth-order valence-corrected chi connectivity index (χ4v) is 5.52. The lowest BCUT2D eigenvalue weighted by Crippen LogP contribution is -2.51. The Morgan fingerprint density at radius 3 is 2.73 bits per heavy atom. The lowest BCUT2D eigenvalue weighted by Gasteiger charge is -2.36. The molecular formula is C27H34ClN11O5. The number of imidazole rings is 1. The molecule has 2 aromatic heterocycles. The number of rotatable bonds is 10. The monoisotopic (exact) mass is 627 g/mol. The quantitative estimate of drug-likeness (QED) is 0.169. The van der Waals surface area contributed by atoms with E-state index in [1.54, 1.807) is 18.2 Å². The van der Waals surface area contributed by atoms with Crippen LogP contribution in [0.25, 0.3) is 21.6 Å². The zero-order valence-electron chi connectivity index (χ0n) is 24.5. The summed E-state index contributed by atoms with van der Waals surface area (Å²) in [4.78, 5) is 45.1. The Kier molecular flexibility index (Phi) is 9.66. The molecule has 44 heavy (non-hydrogen) atoms. The van der Waals surface area contributed by atoms with E-state index in [4.69, 9.17) is 26.6 Å². The van der Waals surface area contributed by atoms with Gasteiger partial charge in [0.15, 0.2) is 29.8 Å². The minimum absolute atomic E-state index is 0.0806. The molecule has 3 aromatic rings. The summed E-state index contributed by atoms with van der Waals surface area (Å²) in [5.74, 6) is 0.253. The molecule has 0 aliphatic carbocycles. The van der Waals surface area contributed by atoms with Gasteiger partial charge in [0.2, 0.25) is 5.91 Å². The first-order valence-electron chi connectivity index (χ1n) is 14.2. The van der Waals surface area contributed by atoms with Crippen LogP contribution < -0.4 is 15.4 Å². The third kappa shape index (κ3) is 6.49. The summed E-state index contributed by atoms with van der Waals surface area (Å²) in [6.07, 6.45) is -0.925. The van der Waals surface area contributed by atoms with Crippen LogP contribution in [0.5, 0.6) is 5.75 Å². The molecule has 4 heterocycles. The topological polar surface area (TPSA) is 196 Å². The van der Waals surface area contributed by atoms with Crippen LogP contribution in [0.3, 0.4) is 0 Å². The van der Waals surface area contributed by atoms with Gasteiger partial charge in [-0.05, 0) is 37.6 Å². The number of anilines is 1. The van der Waals surface area contributed by atoms with E-state index < -0.39 is 30.4 Å². The molecule has 0 spiro atoms. The Bertz CT molecular complexity index is 1550. The summed E-state index contributed by atoms with van der Waals surface area (Å²) in [6.45, 7) is 7.41. The molecule has 0 saturated carbocycles. The smallest absolute Gasteiger partial charge is 0.260 e. The van der Waals surface area contributed by atoms with E-state index in [0.717, 1.165) is 13.1 Å². The fraction of sp³-hybridized carbons (Fsp3) is 0.519. The maximum absolute atomic E-state index is 12.9. The normalized spacial score (nSPS) is 22.2. The molecule has 2 aliphatic rings. The molecular weight excluding hydrogens is 594 g/mol. The number of hydrogen-bond donors (Lipinski definition) is 3. The highest BCUT2D eigenvalue weighted by atomic mass is 35.5. The highest BCUT2D eigenvalue weighted by molar-refractivity contribution is 6.30. The van der Waals surface area contributed by atoms with Crippen molar-refractivity contribution in [1.82, 2.24) is 34.6 Å². The minimum Gasteiger partial charge on any atom is -0.483 e. The maximum atomic E-state index is 12.9. The van der Waals surface area contributed by atoms with Gasteiger partial charge in [-0.3, -0.25) is 19.1 Å². The van der Waals surface area contributed by atoms with Crippen molar-refractivity contribution in [1.29, 1.82) is 0 Å². The van der Waals surface area contributed by atoms with Gasteiger partial charge in [0.25, 0.3) is 5.91 Å². The van der Waals surface area contributed by atoms with Crippen LogP contribution in [-0.2, 0) is 20.9 Å². The molecule has 2 aliphatic heterocycles. The first kappa shape index (κ1) is 31.2. The van der Waals surface area contributed by atoms with Gasteiger partial charge in [-0.25, -0.2) is 15.0 Å². The number of nitrogens with zero attached hydrogens (tertiary/aromatic N) is 9. The van der Waals surface area contributed by atoms with E-state index >= 15 is 0 Å². The number of likely N-dealkylation sites (N-methyl/N-ethyl adjacent to an activating group) is 1. The third-order valence-electron chi connectivity index (χ3n) is 7.78. The second-order valence-electron chi connectivity index (χ2n) is 10.7. The van der Waals surface area contributed by atoms with Gasteiger partial charge in [-0.2, -0.15) is 0 Å². The van der Waals surface area contributed by atoms with Crippen LogP contribution in [0.2, 0.25) is 5.02 Å². The summed E-state index contributed by atoms with van der Waals surface area (Å²) in [5.41, 5.74) is 10.3. The molecule has 4 atom stereocenters. The second-order valence-corrected chi connectivity index (χ2v) is 11.1. The zero-order chi connectivity index (χ0) is 31.4. The van der Waals surface area contributed by atoms with Crippen molar-refractivity contribution in [3.63, 3.8) is 0 Å². The Morgan fingerprint density at radius 2 is 2.02 bits per heavy atom. The van der Waals surface area contributed by atoms with Crippen molar-refractivity contribution in [2.75, 3.05) is 45.2 Å². The van der Waals surface area contributed by atoms with E-state index in [2.05, 4.69) is 54.4 Å². The third-order valence-corrected chi connectivity index (χ3v) is 8.01. The molecule has 2 fully saturated rings. The molecule has 2 saturated heterocycles. The van der Waals surface area contributed by atoms with Crippen LogP contribution in [0, 0.1) is 0 Å². The summed E-state index contributed by atoms with van der Waals surface area (Å²) in [7, 11) is 1.42. The van der Waals surface area contributed by atoms with Crippen molar-refractivity contribution in [2.45, 2.75) is 50.9 Å². The number of amides is 2. The van der Waals surface area contributed by atoms with E-state index in [1.165, 1.54) is 24.3 Å². The number of halogens is 1. The standard InChI is InChI=1S/C27H34ClN11O5/c1-15(2)37-6-8-38(9-7-37)19(40)12-43-18-5-4-17(28)10-16(18)11-31-24-21-25(33-13-32-24)39(14-34-21)27-22(41)20(35-36-29)23(44-27)26(42)30-3/h4-5,10,13-15,20,22-23,27,41H,6-9,11-12H2,1-3H3,(H,30,42)(H,31,32,33)/t20-,22+,23-,27+/m0/s1. The highest BCUT2D eigenvalue weighted by Gasteiger charge is 2.48. The van der Waals surface area contributed by atoms with Gasteiger partial charge in [-0.15, -0.1) is 0 Å². The van der Waals surface area contributed by atoms with Crippen LogP contribution in [0.1, 0.15) is 25.6 Å². The summed E-state index contributed by atoms with van der Waals surface area (Å²) < 4.78 is 13.2. The summed E-state index contributed by atoms with van der Waals surface area (Å²) in [5, 5.41) is 20.6. The molecule has 2 amide bonds. The summed E-state index contributed by atoms with van der Waals surface area (Å²) >= 11 is 6.29. The number of azide groups is 1. The summed E-state index contributed by atoms with van der Waals surface area (Å²) in [6, 6.07) is 4.44. The van der Waals surface area contributed by atoms with Crippen LogP contribution in [0.4, 0.5) is 5.82 Å². The lowest BCUT2D eigenvalue weighted by atomic mass is 10.1. The van der Waals surface area contributed by atoms with Gasteiger partial charge in [0.05, 0.1) is 6.33 Å². The first-order chi connectivity index (χ1) is 21.2. The largest absolute Gasteiger partial charge is 0.483 e. The molecule has 0 bridgehead atoms. The predicted molar refractivity (Wildman–Crippen MR) is 160 cm³/mol. The second kappa shape index (κ2) is 13.6. The molecule has 5 rings (SSSR count). The Labute approximate surface area is 257 Å². The first-order valence-corrected chi connectivity index (χ1v) is 14.5. The van der Waals surface area contributed by atoms with Crippen molar-refractivity contribution in [2.24, 2.45) is 5.11 Å². The number of nitrogens with one attached hydrogen (secondary N) is 2. The van der Waals surface area contributed by atoms with Crippen molar-refractivity contribution >= 4 is 40.4 Å². The number of carbonyl (C=O) groups excluding carboxylic acids is 2. The fourth-order valence-electron chi connectivity index (χ4n) is 5.33. The molecule has 17 heteroatoms. The number of piperazine rings is 1. The number of aliphatic hydroxyl groups excluding tert-OH is 1. The molecule has 0 unspecified atom stereocenters. The van der Waals surface area contributed by atoms with Gasteiger partial charge in [0.1, 0.15) is 30.3 Å². The van der Waals surface area contributed by atoms with Crippen molar-refractivity contribution in [3.05, 3.63) is 51.9 Å². The number of aliphatic hydroxyl groups is 1.